The van der Waals surface area contributed by atoms with Gasteiger partial charge < -0.3 is 10.2 Å². The summed E-state index contributed by atoms with van der Waals surface area (Å²) in [4.78, 5) is 15.9. The molecule has 134 valence electrons. The van der Waals surface area contributed by atoms with Crippen molar-refractivity contribution in [2.24, 2.45) is 5.92 Å². The SMILES string of the molecule is CC(C)C(Cc1ccc(F)cc1)NCC(=O)N1CCc2sccc2C1. The van der Waals surface area contributed by atoms with Crippen LogP contribution in [-0.2, 0) is 24.2 Å². The highest BCUT2D eigenvalue weighted by Gasteiger charge is 2.22. The molecule has 1 amide bonds. The monoisotopic (exact) mass is 360 g/mol. The summed E-state index contributed by atoms with van der Waals surface area (Å²) in [5, 5.41) is 5.52. The minimum Gasteiger partial charge on any atom is -0.337 e. The highest BCUT2D eigenvalue weighted by molar-refractivity contribution is 7.10. The van der Waals surface area contributed by atoms with Crippen LogP contribution in [0.5, 0.6) is 0 Å². The molecular weight excluding hydrogens is 335 g/mol. The smallest absolute Gasteiger partial charge is 0.236 e. The Morgan fingerprint density at radius 2 is 2.04 bits per heavy atom. The van der Waals surface area contributed by atoms with Crippen LogP contribution in [0.15, 0.2) is 35.7 Å². The molecule has 0 saturated heterocycles. The molecule has 2 aromatic rings. The lowest BCUT2D eigenvalue weighted by atomic mass is 9.96. The number of halogens is 1. The van der Waals surface area contributed by atoms with Crippen LogP contribution in [0.25, 0.3) is 0 Å². The first kappa shape index (κ1) is 18.1. The van der Waals surface area contributed by atoms with Crippen molar-refractivity contribution < 1.29 is 9.18 Å². The van der Waals surface area contributed by atoms with Gasteiger partial charge in [-0.1, -0.05) is 26.0 Å². The largest absolute Gasteiger partial charge is 0.337 e. The molecule has 1 aromatic heterocycles. The number of thiophene rings is 1. The number of hydrogen-bond donors (Lipinski definition) is 1. The van der Waals surface area contributed by atoms with Gasteiger partial charge in [0.15, 0.2) is 0 Å². The second kappa shape index (κ2) is 8.11. The lowest BCUT2D eigenvalue weighted by molar-refractivity contribution is -0.131. The van der Waals surface area contributed by atoms with E-state index in [9.17, 15) is 9.18 Å². The minimum absolute atomic E-state index is 0.154. The van der Waals surface area contributed by atoms with E-state index in [4.69, 9.17) is 0 Å². The summed E-state index contributed by atoms with van der Waals surface area (Å²) >= 11 is 1.78. The second-order valence-corrected chi connectivity index (χ2v) is 8.00. The van der Waals surface area contributed by atoms with Crippen LogP contribution in [0.4, 0.5) is 4.39 Å². The maximum Gasteiger partial charge on any atom is 0.236 e. The maximum atomic E-state index is 13.1. The molecule has 1 aliphatic rings. The summed E-state index contributed by atoms with van der Waals surface area (Å²) < 4.78 is 13.1. The first-order valence-electron chi connectivity index (χ1n) is 8.84. The van der Waals surface area contributed by atoms with E-state index in [0.717, 1.165) is 31.5 Å². The number of nitrogens with one attached hydrogen (secondary N) is 1. The van der Waals surface area contributed by atoms with Gasteiger partial charge in [0.2, 0.25) is 5.91 Å². The zero-order valence-electron chi connectivity index (χ0n) is 14.8. The van der Waals surface area contributed by atoms with E-state index < -0.39 is 0 Å². The zero-order valence-corrected chi connectivity index (χ0v) is 15.6. The van der Waals surface area contributed by atoms with Gasteiger partial charge in [0.05, 0.1) is 6.54 Å². The molecule has 25 heavy (non-hydrogen) atoms. The molecule has 1 unspecified atom stereocenters. The lowest BCUT2D eigenvalue weighted by Crippen LogP contribution is -2.45. The Morgan fingerprint density at radius 3 is 2.76 bits per heavy atom. The first-order chi connectivity index (χ1) is 12.0. The third-order valence-corrected chi connectivity index (χ3v) is 5.87. The van der Waals surface area contributed by atoms with Crippen LogP contribution in [0.2, 0.25) is 0 Å². The third-order valence-electron chi connectivity index (χ3n) is 4.85. The topological polar surface area (TPSA) is 32.3 Å². The fraction of sp³-hybridized carbons (Fsp3) is 0.450. The van der Waals surface area contributed by atoms with Crippen LogP contribution < -0.4 is 5.32 Å². The quantitative estimate of drug-likeness (QED) is 0.853. The summed E-state index contributed by atoms with van der Waals surface area (Å²) in [5.41, 5.74) is 2.37. The van der Waals surface area contributed by atoms with Crippen molar-refractivity contribution in [3.8, 4) is 0 Å². The molecule has 3 rings (SSSR count). The molecule has 0 aliphatic carbocycles. The van der Waals surface area contributed by atoms with Crippen molar-refractivity contribution in [2.75, 3.05) is 13.1 Å². The molecule has 0 saturated carbocycles. The van der Waals surface area contributed by atoms with E-state index >= 15 is 0 Å². The first-order valence-corrected chi connectivity index (χ1v) is 9.71. The summed E-state index contributed by atoms with van der Waals surface area (Å²) in [6, 6.07) is 8.93. The fourth-order valence-corrected chi connectivity index (χ4v) is 4.10. The zero-order chi connectivity index (χ0) is 17.8. The van der Waals surface area contributed by atoms with Gasteiger partial charge in [-0.3, -0.25) is 4.79 Å². The van der Waals surface area contributed by atoms with Crippen LogP contribution in [0.3, 0.4) is 0 Å². The normalized spacial score (nSPS) is 15.3. The average Bonchev–Trinajstić information content (AvgIpc) is 3.07. The van der Waals surface area contributed by atoms with Gasteiger partial charge in [-0.05, 0) is 53.5 Å². The van der Waals surface area contributed by atoms with Crippen molar-refractivity contribution in [3.05, 3.63) is 57.5 Å². The van der Waals surface area contributed by atoms with Gasteiger partial charge in [-0.15, -0.1) is 11.3 Å². The van der Waals surface area contributed by atoms with Gasteiger partial charge in [0, 0.05) is 24.0 Å². The van der Waals surface area contributed by atoms with Crippen LogP contribution in [0.1, 0.15) is 29.9 Å². The molecule has 2 heterocycles. The van der Waals surface area contributed by atoms with Crippen molar-refractivity contribution in [1.29, 1.82) is 0 Å². The van der Waals surface area contributed by atoms with Crippen molar-refractivity contribution in [2.45, 2.75) is 39.3 Å². The molecule has 1 N–H and O–H groups in total. The molecule has 1 atom stereocenters. The number of hydrogen-bond acceptors (Lipinski definition) is 3. The molecular formula is C20H25FN2OS. The van der Waals surface area contributed by atoms with Crippen LogP contribution >= 0.6 is 11.3 Å². The number of fused-ring (bicyclic) bond motifs is 1. The summed E-state index contributed by atoms with van der Waals surface area (Å²) in [5.74, 6) is 0.329. The Hall–Kier alpha value is -1.72. The minimum atomic E-state index is -0.217. The van der Waals surface area contributed by atoms with Gasteiger partial charge in [0.1, 0.15) is 5.82 Å². The van der Waals surface area contributed by atoms with E-state index in [1.807, 2.05) is 17.0 Å². The number of nitrogens with zero attached hydrogens (tertiary/aromatic N) is 1. The van der Waals surface area contributed by atoms with Gasteiger partial charge in [-0.2, -0.15) is 0 Å². The highest BCUT2D eigenvalue weighted by Crippen LogP contribution is 2.24. The number of carbonyl (C=O) groups excluding carboxylic acids is 1. The molecule has 0 radical (unpaired) electrons. The number of benzene rings is 1. The number of amides is 1. The average molecular weight is 360 g/mol. The van der Waals surface area contributed by atoms with Gasteiger partial charge in [0.25, 0.3) is 0 Å². The molecule has 0 spiro atoms. The van der Waals surface area contributed by atoms with Crippen LogP contribution in [-0.4, -0.2) is 29.9 Å². The second-order valence-electron chi connectivity index (χ2n) is 7.00. The van der Waals surface area contributed by atoms with Crippen LogP contribution in [0, 0.1) is 11.7 Å². The summed E-state index contributed by atoms with van der Waals surface area (Å²) in [7, 11) is 0. The predicted octanol–water partition coefficient (Wildman–Crippen LogP) is 3.63. The Kier molecular flexibility index (Phi) is 5.86. The molecule has 3 nitrogen and oxygen atoms in total. The Balaban J connectivity index is 1.54. The van der Waals surface area contributed by atoms with Gasteiger partial charge >= 0.3 is 0 Å². The lowest BCUT2D eigenvalue weighted by Gasteiger charge is -2.29. The number of rotatable bonds is 6. The van der Waals surface area contributed by atoms with Crippen molar-refractivity contribution in [1.82, 2.24) is 10.2 Å². The van der Waals surface area contributed by atoms with Crippen molar-refractivity contribution in [3.63, 3.8) is 0 Å². The number of carbonyl (C=O) groups is 1. The standard InChI is InChI=1S/C20H25FN2OS/c1-14(2)18(11-15-3-5-17(21)6-4-15)22-12-20(24)23-9-7-19-16(13-23)8-10-25-19/h3-6,8,10,14,18,22H,7,9,11-13H2,1-2H3. The van der Waals surface area contributed by atoms with E-state index in [0.29, 0.717) is 12.5 Å². The molecule has 0 bridgehead atoms. The Bertz CT molecular complexity index is 711. The maximum absolute atomic E-state index is 13.1. The third kappa shape index (κ3) is 4.67. The van der Waals surface area contributed by atoms with E-state index in [1.165, 1.54) is 22.6 Å². The molecule has 5 heteroatoms. The molecule has 1 aromatic carbocycles. The van der Waals surface area contributed by atoms with Crippen molar-refractivity contribution >= 4 is 17.2 Å². The predicted molar refractivity (Wildman–Crippen MR) is 100 cm³/mol. The van der Waals surface area contributed by atoms with E-state index in [2.05, 4.69) is 30.6 Å². The Morgan fingerprint density at radius 1 is 1.28 bits per heavy atom. The highest BCUT2D eigenvalue weighted by atomic mass is 32.1. The summed E-state index contributed by atoms with van der Waals surface area (Å²) in [6.45, 7) is 6.17. The molecule has 0 fully saturated rings. The van der Waals surface area contributed by atoms with E-state index in [-0.39, 0.29) is 17.8 Å². The van der Waals surface area contributed by atoms with E-state index in [1.54, 1.807) is 11.3 Å². The fourth-order valence-electron chi connectivity index (χ4n) is 3.21. The Labute approximate surface area is 152 Å². The van der Waals surface area contributed by atoms with Gasteiger partial charge in [-0.25, -0.2) is 4.39 Å². The summed E-state index contributed by atoms with van der Waals surface area (Å²) in [6.07, 6.45) is 1.75. The molecule has 1 aliphatic heterocycles.